The van der Waals surface area contributed by atoms with E-state index < -0.39 is 5.91 Å². The normalized spacial score (nSPS) is 13.5. The smallest absolute Gasteiger partial charge is 0.254 e. The van der Waals surface area contributed by atoms with Crippen molar-refractivity contribution in [2.75, 3.05) is 6.54 Å². The summed E-state index contributed by atoms with van der Waals surface area (Å²) in [5.41, 5.74) is 9.20. The molecule has 2 aromatic rings. The minimum Gasteiger partial charge on any atom is -0.368 e. The van der Waals surface area contributed by atoms with Crippen LogP contribution in [-0.2, 0) is 11.3 Å². The van der Waals surface area contributed by atoms with Crippen LogP contribution in [0.3, 0.4) is 0 Å². The molecule has 0 aromatic heterocycles. The molecule has 2 aromatic carbocycles. The second kappa shape index (κ2) is 6.87. The molecule has 3 rings (SSSR count). The van der Waals surface area contributed by atoms with Crippen LogP contribution in [-0.4, -0.2) is 23.3 Å². The van der Waals surface area contributed by atoms with Crippen molar-refractivity contribution in [1.29, 1.82) is 0 Å². The molecule has 4 nitrogen and oxygen atoms in total. The predicted molar refractivity (Wildman–Crippen MR) is 93.5 cm³/mol. The molecular formula is C20H22N2O2. The number of benzene rings is 2. The highest BCUT2D eigenvalue weighted by molar-refractivity contribution is 5.97. The standard InChI is InChI=1S/C20H22N2O2/c1-14-5-2-3-8-18(14)20(24)22(13-19(21)23)12-15-6-4-7-17(11-15)16-9-10-16/h2-8,11,16H,9-10,12-13H2,1H3,(H2,21,23). The zero-order valence-corrected chi connectivity index (χ0v) is 13.9. The Labute approximate surface area is 142 Å². The monoisotopic (exact) mass is 322 g/mol. The third kappa shape index (κ3) is 3.82. The van der Waals surface area contributed by atoms with Gasteiger partial charge in [-0.05, 0) is 48.4 Å². The Kier molecular flexibility index (Phi) is 4.65. The molecule has 4 heteroatoms. The summed E-state index contributed by atoms with van der Waals surface area (Å²) < 4.78 is 0. The van der Waals surface area contributed by atoms with Crippen molar-refractivity contribution in [3.63, 3.8) is 0 Å². The van der Waals surface area contributed by atoms with Gasteiger partial charge in [0, 0.05) is 12.1 Å². The van der Waals surface area contributed by atoms with Gasteiger partial charge in [0.2, 0.25) is 5.91 Å². The summed E-state index contributed by atoms with van der Waals surface area (Å²) in [6, 6.07) is 15.7. The highest BCUT2D eigenvalue weighted by atomic mass is 16.2. The molecule has 0 bridgehead atoms. The number of carbonyl (C=O) groups is 2. The second-order valence-corrected chi connectivity index (χ2v) is 6.46. The summed E-state index contributed by atoms with van der Waals surface area (Å²) in [6.07, 6.45) is 2.47. The summed E-state index contributed by atoms with van der Waals surface area (Å²) in [5, 5.41) is 0. The Bertz CT molecular complexity index is 766. The van der Waals surface area contributed by atoms with E-state index in [1.807, 2.05) is 37.3 Å². The van der Waals surface area contributed by atoms with Gasteiger partial charge in [0.15, 0.2) is 0 Å². The molecule has 24 heavy (non-hydrogen) atoms. The summed E-state index contributed by atoms with van der Waals surface area (Å²) in [6.45, 7) is 2.20. The summed E-state index contributed by atoms with van der Waals surface area (Å²) >= 11 is 0. The summed E-state index contributed by atoms with van der Waals surface area (Å²) in [5.74, 6) is -0.0133. The predicted octanol–water partition coefficient (Wildman–Crippen LogP) is 3.00. The molecule has 1 fully saturated rings. The van der Waals surface area contributed by atoms with Crippen LogP contribution in [0.5, 0.6) is 0 Å². The number of primary amides is 1. The molecule has 2 N–H and O–H groups in total. The van der Waals surface area contributed by atoms with E-state index in [0.717, 1.165) is 11.1 Å². The van der Waals surface area contributed by atoms with Gasteiger partial charge in [-0.25, -0.2) is 0 Å². The minimum absolute atomic E-state index is 0.0825. The lowest BCUT2D eigenvalue weighted by Gasteiger charge is -2.22. The van der Waals surface area contributed by atoms with Crippen molar-refractivity contribution in [3.05, 3.63) is 70.8 Å². The molecule has 2 amide bonds. The zero-order chi connectivity index (χ0) is 17.1. The molecule has 0 saturated heterocycles. The van der Waals surface area contributed by atoms with E-state index in [1.54, 1.807) is 6.07 Å². The van der Waals surface area contributed by atoms with Crippen LogP contribution in [0.15, 0.2) is 48.5 Å². The van der Waals surface area contributed by atoms with Crippen LogP contribution in [0.1, 0.15) is 45.8 Å². The Hall–Kier alpha value is -2.62. The Morgan fingerprint density at radius 1 is 1.12 bits per heavy atom. The summed E-state index contributed by atoms with van der Waals surface area (Å²) in [4.78, 5) is 25.8. The third-order valence-electron chi connectivity index (χ3n) is 4.38. The van der Waals surface area contributed by atoms with Gasteiger partial charge in [-0.1, -0.05) is 42.5 Å². The Morgan fingerprint density at radius 2 is 1.88 bits per heavy atom. The molecule has 0 atom stereocenters. The number of aryl methyl sites for hydroxylation is 1. The Balaban J connectivity index is 1.83. The van der Waals surface area contributed by atoms with E-state index in [4.69, 9.17) is 5.73 Å². The quantitative estimate of drug-likeness (QED) is 0.888. The number of carbonyl (C=O) groups excluding carboxylic acids is 2. The lowest BCUT2D eigenvalue weighted by molar-refractivity contribution is -0.118. The first-order valence-electron chi connectivity index (χ1n) is 8.26. The number of nitrogens with zero attached hydrogens (tertiary/aromatic N) is 1. The van der Waals surface area contributed by atoms with Gasteiger partial charge in [0.25, 0.3) is 5.91 Å². The first kappa shape index (κ1) is 16.2. The maximum atomic E-state index is 12.9. The lowest BCUT2D eigenvalue weighted by Crippen LogP contribution is -2.38. The Morgan fingerprint density at radius 3 is 2.54 bits per heavy atom. The van der Waals surface area contributed by atoms with Crippen molar-refractivity contribution in [3.8, 4) is 0 Å². The van der Waals surface area contributed by atoms with Crippen molar-refractivity contribution in [2.45, 2.75) is 32.2 Å². The molecule has 124 valence electrons. The van der Waals surface area contributed by atoms with Gasteiger partial charge in [0.1, 0.15) is 0 Å². The van der Waals surface area contributed by atoms with Gasteiger partial charge in [-0.3, -0.25) is 9.59 Å². The fourth-order valence-electron chi connectivity index (χ4n) is 2.95. The van der Waals surface area contributed by atoms with Gasteiger partial charge in [-0.15, -0.1) is 0 Å². The fraction of sp³-hybridized carbons (Fsp3) is 0.300. The van der Waals surface area contributed by atoms with Crippen molar-refractivity contribution >= 4 is 11.8 Å². The van der Waals surface area contributed by atoms with Crippen molar-refractivity contribution in [2.24, 2.45) is 5.73 Å². The van der Waals surface area contributed by atoms with Crippen LogP contribution < -0.4 is 5.73 Å². The zero-order valence-electron chi connectivity index (χ0n) is 13.9. The lowest BCUT2D eigenvalue weighted by atomic mass is 10.1. The first-order chi connectivity index (χ1) is 11.5. The van der Waals surface area contributed by atoms with E-state index in [0.29, 0.717) is 18.0 Å². The highest BCUT2D eigenvalue weighted by Crippen LogP contribution is 2.40. The molecular weight excluding hydrogens is 300 g/mol. The second-order valence-electron chi connectivity index (χ2n) is 6.46. The average Bonchev–Trinajstić information content (AvgIpc) is 3.39. The third-order valence-corrected chi connectivity index (χ3v) is 4.38. The van der Waals surface area contributed by atoms with Gasteiger partial charge >= 0.3 is 0 Å². The van der Waals surface area contributed by atoms with E-state index in [2.05, 4.69) is 12.1 Å². The minimum atomic E-state index is -0.504. The molecule has 0 radical (unpaired) electrons. The maximum absolute atomic E-state index is 12.9. The van der Waals surface area contributed by atoms with E-state index in [-0.39, 0.29) is 12.5 Å². The molecule has 0 heterocycles. The van der Waals surface area contributed by atoms with Crippen LogP contribution >= 0.6 is 0 Å². The maximum Gasteiger partial charge on any atom is 0.254 e. The van der Waals surface area contributed by atoms with Crippen LogP contribution in [0, 0.1) is 6.92 Å². The first-order valence-corrected chi connectivity index (χ1v) is 8.26. The molecule has 0 spiro atoms. The highest BCUT2D eigenvalue weighted by Gasteiger charge is 2.24. The number of amides is 2. The van der Waals surface area contributed by atoms with E-state index in [1.165, 1.54) is 23.3 Å². The molecule has 0 unspecified atom stereocenters. The van der Waals surface area contributed by atoms with E-state index in [9.17, 15) is 9.59 Å². The average molecular weight is 322 g/mol. The van der Waals surface area contributed by atoms with Crippen molar-refractivity contribution < 1.29 is 9.59 Å². The van der Waals surface area contributed by atoms with Gasteiger partial charge in [-0.2, -0.15) is 0 Å². The van der Waals surface area contributed by atoms with Gasteiger partial charge in [0.05, 0.1) is 6.54 Å². The SMILES string of the molecule is Cc1ccccc1C(=O)N(CC(N)=O)Cc1cccc(C2CC2)c1. The van der Waals surface area contributed by atoms with Crippen LogP contribution in [0.4, 0.5) is 0 Å². The van der Waals surface area contributed by atoms with Crippen molar-refractivity contribution in [1.82, 2.24) is 4.90 Å². The van der Waals surface area contributed by atoms with E-state index >= 15 is 0 Å². The van der Waals surface area contributed by atoms with Gasteiger partial charge < -0.3 is 10.6 Å². The molecule has 1 aliphatic carbocycles. The van der Waals surface area contributed by atoms with Crippen LogP contribution in [0.25, 0.3) is 0 Å². The number of hydrogen-bond donors (Lipinski definition) is 1. The van der Waals surface area contributed by atoms with Crippen LogP contribution in [0.2, 0.25) is 0 Å². The number of rotatable bonds is 6. The summed E-state index contributed by atoms with van der Waals surface area (Å²) in [7, 11) is 0. The molecule has 0 aliphatic heterocycles. The number of hydrogen-bond acceptors (Lipinski definition) is 2. The number of nitrogens with two attached hydrogens (primary N) is 1. The fourth-order valence-corrected chi connectivity index (χ4v) is 2.95. The molecule has 1 saturated carbocycles. The largest absolute Gasteiger partial charge is 0.368 e. The molecule has 1 aliphatic rings. The topological polar surface area (TPSA) is 63.4 Å².